The van der Waals surface area contributed by atoms with E-state index < -0.39 is 9.84 Å². The Bertz CT molecular complexity index is 381. The number of sulfone groups is 1. The summed E-state index contributed by atoms with van der Waals surface area (Å²) in [5, 5.41) is 1.23. The van der Waals surface area contributed by atoms with Gasteiger partial charge in [0.15, 0.2) is 9.84 Å². The Balaban J connectivity index is 2.50. The lowest BCUT2D eigenvalue weighted by molar-refractivity contribution is -0.131. The van der Waals surface area contributed by atoms with E-state index in [0.29, 0.717) is 6.42 Å². The second-order valence-corrected chi connectivity index (χ2v) is 6.43. The van der Waals surface area contributed by atoms with Gasteiger partial charge in [-0.2, -0.15) is 0 Å². The largest absolute Gasteiger partial charge is 0.343 e. The van der Waals surface area contributed by atoms with Crippen molar-refractivity contribution in [3.05, 3.63) is 11.5 Å². The Morgan fingerprint density at radius 3 is 2.29 bits per heavy atom. The summed E-state index contributed by atoms with van der Waals surface area (Å²) in [6.45, 7) is 5.59. The lowest BCUT2D eigenvalue weighted by Crippen LogP contribution is -2.33. The highest BCUT2D eigenvalue weighted by atomic mass is 32.2. The van der Waals surface area contributed by atoms with Crippen molar-refractivity contribution in [1.29, 1.82) is 0 Å². The van der Waals surface area contributed by atoms with E-state index in [9.17, 15) is 13.2 Å². The van der Waals surface area contributed by atoms with Crippen LogP contribution in [0, 0.1) is 5.92 Å². The maximum atomic E-state index is 12.0. The number of amides is 1. The molecule has 0 spiro atoms. The minimum Gasteiger partial charge on any atom is -0.343 e. The summed E-state index contributed by atoms with van der Waals surface area (Å²) in [5.41, 5.74) is 0. The maximum absolute atomic E-state index is 12.0. The fraction of sp³-hybridized carbons (Fsp3) is 0.750. The Kier molecular flexibility index (Phi) is 5.18. The molecular formula is C12H21NO3S. The van der Waals surface area contributed by atoms with E-state index in [4.69, 9.17) is 0 Å². The van der Waals surface area contributed by atoms with E-state index >= 15 is 0 Å². The lowest BCUT2D eigenvalue weighted by atomic mass is 10.1. The predicted molar refractivity (Wildman–Crippen MR) is 68.2 cm³/mol. The van der Waals surface area contributed by atoms with Crippen LogP contribution in [0.2, 0.25) is 0 Å². The zero-order valence-electron chi connectivity index (χ0n) is 10.6. The van der Waals surface area contributed by atoms with Gasteiger partial charge in [-0.05, 0) is 12.8 Å². The van der Waals surface area contributed by atoms with Gasteiger partial charge in [0.25, 0.3) is 0 Å². The zero-order chi connectivity index (χ0) is 12.9. The molecule has 5 heteroatoms. The van der Waals surface area contributed by atoms with E-state index in [0.717, 1.165) is 25.9 Å². The normalized spacial score (nSPS) is 21.6. The molecule has 1 amide bonds. The van der Waals surface area contributed by atoms with E-state index in [-0.39, 0.29) is 17.6 Å². The third-order valence-electron chi connectivity index (χ3n) is 2.78. The molecule has 1 unspecified atom stereocenters. The van der Waals surface area contributed by atoms with Crippen molar-refractivity contribution in [2.45, 2.75) is 33.1 Å². The summed E-state index contributed by atoms with van der Waals surface area (Å²) in [6, 6.07) is 0. The van der Waals surface area contributed by atoms with Gasteiger partial charge in [-0.1, -0.05) is 19.9 Å². The van der Waals surface area contributed by atoms with Gasteiger partial charge >= 0.3 is 0 Å². The van der Waals surface area contributed by atoms with Crippen LogP contribution in [0.4, 0.5) is 0 Å². The Morgan fingerprint density at radius 2 is 1.88 bits per heavy atom. The molecule has 1 aliphatic heterocycles. The first kappa shape index (κ1) is 14.2. The van der Waals surface area contributed by atoms with Gasteiger partial charge in [0.2, 0.25) is 5.91 Å². The summed E-state index contributed by atoms with van der Waals surface area (Å²) in [7, 11) is -3.04. The summed E-state index contributed by atoms with van der Waals surface area (Å²) < 4.78 is 22.5. The molecule has 4 nitrogen and oxygen atoms in total. The molecule has 1 rings (SSSR count). The van der Waals surface area contributed by atoms with Gasteiger partial charge in [-0.3, -0.25) is 4.79 Å². The minimum atomic E-state index is -3.04. The Hall–Kier alpha value is -0.840. The van der Waals surface area contributed by atoms with E-state index in [2.05, 4.69) is 0 Å². The van der Waals surface area contributed by atoms with Gasteiger partial charge in [-0.15, -0.1) is 0 Å². The summed E-state index contributed by atoms with van der Waals surface area (Å²) in [4.78, 5) is 13.8. The molecule has 0 bridgehead atoms. The molecule has 0 aliphatic carbocycles. The van der Waals surface area contributed by atoms with Crippen molar-refractivity contribution in [2.75, 3.05) is 18.8 Å². The highest BCUT2D eigenvalue weighted by Gasteiger charge is 2.25. The fourth-order valence-corrected chi connectivity index (χ4v) is 3.42. The van der Waals surface area contributed by atoms with Crippen LogP contribution >= 0.6 is 0 Å². The van der Waals surface area contributed by atoms with Crippen LogP contribution in [0.5, 0.6) is 0 Å². The first-order valence-electron chi connectivity index (χ1n) is 6.17. The Morgan fingerprint density at radius 1 is 1.29 bits per heavy atom. The molecule has 0 aromatic heterocycles. The molecule has 98 valence electrons. The maximum Gasteiger partial charge on any atom is 0.223 e. The standard InChI is InChI=1S/C12H21NO3S/c1-3-6-13(7-4-2)12(14)9-11-5-8-17(15,16)10-11/h5,8,11H,3-4,6-7,9-10H2,1-2H3. The van der Waals surface area contributed by atoms with Gasteiger partial charge in [-0.25, -0.2) is 8.42 Å². The van der Waals surface area contributed by atoms with Gasteiger partial charge < -0.3 is 4.90 Å². The molecule has 0 radical (unpaired) electrons. The third-order valence-corrected chi connectivity index (χ3v) is 4.25. The van der Waals surface area contributed by atoms with Crippen LogP contribution in [0.25, 0.3) is 0 Å². The van der Waals surface area contributed by atoms with Crippen molar-refractivity contribution in [3.8, 4) is 0 Å². The molecule has 0 saturated carbocycles. The number of allylic oxidation sites excluding steroid dienone is 1. The fourth-order valence-electron chi connectivity index (χ4n) is 2.02. The smallest absolute Gasteiger partial charge is 0.223 e. The molecule has 17 heavy (non-hydrogen) atoms. The number of rotatable bonds is 6. The molecule has 1 heterocycles. The predicted octanol–water partition coefficient (Wildman–Crippen LogP) is 1.58. The molecule has 1 aliphatic rings. The van der Waals surface area contributed by atoms with Crippen LogP contribution in [0.1, 0.15) is 33.1 Å². The molecule has 0 N–H and O–H groups in total. The molecule has 0 fully saturated rings. The topological polar surface area (TPSA) is 54.5 Å². The third kappa shape index (κ3) is 4.50. The van der Waals surface area contributed by atoms with E-state index in [1.165, 1.54) is 5.41 Å². The zero-order valence-corrected chi connectivity index (χ0v) is 11.4. The number of hydrogen-bond acceptors (Lipinski definition) is 3. The minimum absolute atomic E-state index is 0.0699. The summed E-state index contributed by atoms with van der Waals surface area (Å²) >= 11 is 0. The average molecular weight is 259 g/mol. The van der Waals surface area contributed by atoms with Crippen LogP contribution in [0.3, 0.4) is 0 Å². The van der Waals surface area contributed by atoms with Crippen LogP contribution in [-0.4, -0.2) is 38.1 Å². The summed E-state index contributed by atoms with van der Waals surface area (Å²) in [5.74, 6) is 0.0225. The number of carbonyl (C=O) groups is 1. The van der Waals surface area contributed by atoms with E-state index in [1.807, 2.05) is 18.7 Å². The molecule has 0 aromatic carbocycles. The molecule has 1 atom stereocenters. The van der Waals surface area contributed by atoms with Crippen molar-refractivity contribution >= 4 is 15.7 Å². The first-order chi connectivity index (χ1) is 7.98. The van der Waals surface area contributed by atoms with Crippen LogP contribution in [0.15, 0.2) is 11.5 Å². The van der Waals surface area contributed by atoms with Crippen molar-refractivity contribution in [3.63, 3.8) is 0 Å². The molecular weight excluding hydrogens is 238 g/mol. The molecule has 0 saturated heterocycles. The van der Waals surface area contributed by atoms with Gasteiger partial charge in [0, 0.05) is 30.8 Å². The number of nitrogens with zero attached hydrogens (tertiary/aromatic N) is 1. The quantitative estimate of drug-likeness (QED) is 0.728. The van der Waals surface area contributed by atoms with Crippen molar-refractivity contribution in [1.82, 2.24) is 4.90 Å². The van der Waals surface area contributed by atoms with Gasteiger partial charge in [0.05, 0.1) is 5.75 Å². The Labute approximate surface area is 104 Å². The molecule has 0 aromatic rings. The van der Waals surface area contributed by atoms with Crippen molar-refractivity contribution < 1.29 is 13.2 Å². The van der Waals surface area contributed by atoms with E-state index in [1.54, 1.807) is 6.08 Å². The summed E-state index contributed by atoms with van der Waals surface area (Å²) in [6.07, 6.45) is 3.83. The number of hydrogen-bond donors (Lipinski definition) is 0. The number of carbonyl (C=O) groups excluding carboxylic acids is 1. The second kappa shape index (κ2) is 6.19. The second-order valence-electron chi connectivity index (χ2n) is 4.50. The monoisotopic (exact) mass is 259 g/mol. The van der Waals surface area contributed by atoms with Crippen molar-refractivity contribution in [2.24, 2.45) is 5.92 Å². The highest BCUT2D eigenvalue weighted by molar-refractivity contribution is 7.94. The first-order valence-corrected chi connectivity index (χ1v) is 7.88. The highest BCUT2D eigenvalue weighted by Crippen LogP contribution is 2.19. The van der Waals surface area contributed by atoms with Crippen LogP contribution < -0.4 is 0 Å². The van der Waals surface area contributed by atoms with Crippen LogP contribution in [-0.2, 0) is 14.6 Å². The SMILES string of the molecule is CCCN(CCC)C(=O)CC1C=CS(=O)(=O)C1. The lowest BCUT2D eigenvalue weighted by Gasteiger charge is -2.22. The van der Waals surface area contributed by atoms with Gasteiger partial charge in [0.1, 0.15) is 0 Å². The average Bonchev–Trinajstić information content (AvgIpc) is 2.57.